The Hall–Kier alpha value is -1.32. The van der Waals surface area contributed by atoms with Crippen molar-refractivity contribution in [2.24, 2.45) is 7.05 Å². The molecule has 2 heterocycles. The standard InChI is InChI=1S/C16H23N3/c1-18-13-14(15-6-2-3-7-16(15)18)5-4-10-19-11-8-17-9-12-19/h2-3,6-7,13,17H,4-5,8-12H2,1H3. The molecule has 3 heteroatoms. The average molecular weight is 257 g/mol. The van der Waals surface area contributed by atoms with Gasteiger partial charge in [0.2, 0.25) is 0 Å². The van der Waals surface area contributed by atoms with E-state index in [9.17, 15) is 0 Å². The fraction of sp³-hybridized carbons (Fsp3) is 0.500. The minimum Gasteiger partial charge on any atom is -0.350 e. The van der Waals surface area contributed by atoms with E-state index in [2.05, 4.69) is 52.3 Å². The molecular weight excluding hydrogens is 234 g/mol. The zero-order chi connectivity index (χ0) is 13.1. The molecule has 1 N–H and O–H groups in total. The van der Waals surface area contributed by atoms with Crippen molar-refractivity contribution in [2.75, 3.05) is 32.7 Å². The van der Waals surface area contributed by atoms with Gasteiger partial charge in [-0.15, -0.1) is 0 Å². The summed E-state index contributed by atoms with van der Waals surface area (Å²) in [5.41, 5.74) is 2.84. The number of piperazine rings is 1. The highest BCUT2D eigenvalue weighted by Crippen LogP contribution is 2.21. The summed E-state index contributed by atoms with van der Waals surface area (Å²) in [6, 6.07) is 8.71. The van der Waals surface area contributed by atoms with Crippen LogP contribution in [-0.2, 0) is 13.5 Å². The van der Waals surface area contributed by atoms with E-state index in [0.717, 1.165) is 13.1 Å². The molecule has 1 aromatic carbocycles. The van der Waals surface area contributed by atoms with Crippen LogP contribution in [0.4, 0.5) is 0 Å². The van der Waals surface area contributed by atoms with Crippen LogP contribution in [0.25, 0.3) is 10.9 Å². The van der Waals surface area contributed by atoms with Gasteiger partial charge in [0.25, 0.3) is 0 Å². The number of aryl methyl sites for hydroxylation is 2. The highest BCUT2D eigenvalue weighted by atomic mass is 15.2. The summed E-state index contributed by atoms with van der Waals surface area (Å²) in [4.78, 5) is 2.57. The van der Waals surface area contributed by atoms with Crippen LogP contribution in [0.5, 0.6) is 0 Å². The molecule has 0 radical (unpaired) electrons. The van der Waals surface area contributed by atoms with Crippen LogP contribution >= 0.6 is 0 Å². The maximum atomic E-state index is 3.41. The van der Waals surface area contributed by atoms with Gasteiger partial charge < -0.3 is 14.8 Å². The molecule has 19 heavy (non-hydrogen) atoms. The van der Waals surface area contributed by atoms with E-state index in [0.29, 0.717) is 0 Å². The average Bonchev–Trinajstić information content (AvgIpc) is 2.78. The normalized spacial score (nSPS) is 17.1. The molecule has 1 aliphatic rings. The van der Waals surface area contributed by atoms with E-state index in [4.69, 9.17) is 0 Å². The maximum Gasteiger partial charge on any atom is 0.0480 e. The molecule has 0 spiro atoms. The molecule has 102 valence electrons. The molecule has 0 unspecified atom stereocenters. The number of rotatable bonds is 4. The summed E-state index contributed by atoms with van der Waals surface area (Å²) >= 11 is 0. The summed E-state index contributed by atoms with van der Waals surface area (Å²) in [6.45, 7) is 5.93. The Morgan fingerprint density at radius 2 is 1.95 bits per heavy atom. The van der Waals surface area contributed by atoms with Gasteiger partial charge in [0.15, 0.2) is 0 Å². The molecule has 3 rings (SSSR count). The number of nitrogens with one attached hydrogen (secondary N) is 1. The lowest BCUT2D eigenvalue weighted by molar-refractivity contribution is 0.238. The second-order valence-corrected chi connectivity index (χ2v) is 5.48. The third-order valence-corrected chi connectivity index (χ3v) is 4.11. The smallest absolute Gasteiger partial charge is 0.0480 e. The Balaban J connectivity index is 1.62. The van der Waals surface area contributed by atoms with Crippen molar-refractivity contribution in [1.29, 1.82) is 0 Å². The molecule has 1 saturated heterocycles. The number of nitrogens with zero attached hydrogens (tertiary/aromatic N) is 2. The van der Waals surface area contributed by atoms with Crippen molar-refractivity contribution >= 4 is 10.9 Å². The van der Waals surface area contributed by atoms with E-state index in [-0.39, 0.29) is 0 Å². The van der Waals surface area contributed by atoms with Gasteiger partial charge in [0.1, 0.15) is 0 Å². The van der Waals surface area contributed by atoms with E-state index in [1.807, 2.05) is 0 Å². The summed E-state index contributed by atoms with van der Waals surface area (Å²) < 4.78 is 2.25. The molecule has 0 bridgehead atoms. The Kier molecular flexibility index (Phi) is 3.85. The largest absolute Gasteiger partial charge is 0.350 e. The summed E-state index contributed by atoms with van der Waals surface area (Å²) in [5, 5.41) is 4.83. The van der Waals surface area contributed by atoms with Crippen molar-refractivity contribution in [3.63, 3.8) is 0 Å². The minimum absolute atomic E-state index is 1.15. The van der Waals surface area contributed by atoms with Crippen LogP contribution in [0.1, 0.15) is 12.0 Å². The topological polar surface area (TPSA) is 20.2 Å². The van der Waals surface area contributed by atoms with Gasteiger partial charge in [0.05, 0.1) is 0 Å². The first-order valence-corrected chi connectivity index (χ1v) is 7.30. The summed E-state index contributed by atoms with van der Waals surface area (Å²) in [7, 11) is 2.14. The van der Waals surface area contributed by atoms with E-state index in [1.54, 1.807) is 0 Å². The second kappa shape index (κ2) is 5.76. The lowest BCUT2D eigenvalue weighted by atomic mass is 10.1. The summed E-state index contributed by atoms with van der Waals surface area (Å²) in [6.07, 6.45) is 4.74. The summed E-state index contributed by atoms with van der Waals surface area (Å²) in [5.74, 6) is 0. The third-order valence-electron chi connectivity index (χ3n) is 4.11. The van der Waals surface area contributed by atoms with Crippen LogP contribution in [0.3, 0.4) is 0 Å². The molecule has 1 aliphatic heterocycles. The van der Waals surface area contributed by atoms with Crippen LogP contribution in [0, 0.1) is 0 Å². The van der Waals surface area contributed by atoms with Crippen molar-refractivity contribution < 1.29 is 0 Å². The zero-order valence-electron chi connectivity index (χ0n) is 11.7. The molecule has 3 nitrogen and oxygen atoms in total. The van der Waals surface area contributed by atoms with Gasteiger partial charge in [-0.25, -0.2) is 0 Å². The van der Waals surface area contributed by atoms with Gasteiger partial charge in [-0.1, -0.05) is 18.2 Å². The molecular formula is C16H23N3. The van der Waals surface area contributed by atoms with Crippen molar-refractivity contribution in [3.8, 4) is 0 Å². The predicted molar refractivity (Wildman–Crippen MR) is 80.5 cm³/mol. The molecule has 1 aromatic heterocycles. The van der Waals surface area contributed by atoms with E-state index < -0.39 is 0 Å². The number of fused-ring (bicyclic) bond motifs is 1. The molecule has 0 amide bonds. The van der Waals surface area contributed by atoms with Crippen LogP contribution in [0.15, 0.2) is 30.5 Å². The quantitative estimate of drug-likeness (QED) is 0.904. The lowest BCUT2D eigenvalue weighted by Gasteiger charge is -2.26. The predicted octanol–water partition coefficient (Wildman–Crippen LogP) is 2.02. The van der Waals surface area contributed by atoms with E-state index >= 15 is 0 Å². The van der Waals surface area contributed by atoms with Crippen molar-refractivity contribution in [3.05, 3.63) is 36.0 Å². The van der Waals surface area contributed by atoms with Crippen LogP contribution in [0.2, 0.25) is 0 Å². The first kappa shape index (κ1) is 12.7. The van der Waals surface area contributed by atoms with Gasteiger partial charge in [-0.05, 0) is 31.0 Å². The molecule has 1 fully saturated rings. The highest BCUT2D eigenvalue weighted by Gasteiger charge is 2.10. The Labute approximate surface area is 115 Å². The van der Waals surface area contributed by atoms with Crippen molar-refractivity contribution in [2.45, 2.75) is 12.8 Å². The Morgan fingerprint density at radius 3 is 2.79 bits per heavy atom. The van der Waals surface area contributed by atoms with Gasteiger partial charge in [-0.3, -0.25) is 0 Å². The van der Waals surface area contributed by atoms with Crippen LogP contribution in [-0.4, -0.2) is 42.2 Å². The monoisotopic (exact) mass is 257 g/mol. The minimum atomic E-state index is 1.15. The first-order chi connectivity index (χ1) is 9.34. The number of hydrogen-bond donors (Lipinski definition) is 1. The molecule has 0 atom stereocenters. The number of para-hydroxylation sites is 1. The molecule has 2 aromatic rings. The Morgan fingerprint density at radius 1 is 1.16 bits per heavy atom. The fourth-order valence-electron chi connectivity index (χ4n) is 3.05. The fourth-order valence-corrected chi connectivity index (χ4v) is 3.05. The number of hydrogen-bond acceptors (Lipinski definition) is 2. The third kappa shape index (κ3) is 2.82. The van der Waals surface area contributed by atoms with Gasteiger partial charge >= 0.3 is 0 Å². The van der Waals surface area contributed by atoms with Gasteiger partial charge in [-0.2, -0.15) is 0 Å². The number of aromatic nitrogens is 1. The maximum absolute atomic E-state index is 3.41. The highest BCUT2D eigenvalue weighted by molar-refractivity contribution is 5.83. The molecule has 0 aliphatic carbocycles. The van der Waals surface area contributed by atoms with E-state index in [1.165, 1.54) is 48.9 Å². The first-order valence-electron chi connectivity index (χ1n) is 7.30. The number of benzene rings is 1. The Bertz CT molecular complexity index is 538. The SMILES string of the molecule is Cn1cc(CCCN2CCNCC2)c2ccccc21. The lowest BCUT2D eigenvalue weighted by Crippen LogP contribution is -2.43. The molecule has 0 saturated carbocycles. The second-order valence-electron chi connectivity index (χ2n) is 5.48. The van der Waals surface area contributed by atoms with Gasteiger partial charge in [0, 0.05) is 50.3 Å². The van der Waals surface area contributed by atoms with Crippen molar-refractivity contribution in [1.82, 2.24) is 14.8 Å². The van der Waals surface area contributed by atoms with Crippen LogP contribution < -0.4 is 5.32 Å². The zero-order valence-corrected chi connectivity index (χ0v) is 11.7.